The Bertz CT molecular complexity index is 574. The molecule has 1 aliphatic rings. The average molecular weight is 312 g/mol. The third-order valence-corrected chi connectivity index (χ3v) is 6.49. The van der Waals surface area contributed by atoms with E-state index in [1.807, 2.05) is 18.2 Å². The molecule has 2 nitrogen and oxygen atoms in total. The first-order chi connectivity index (χ1) is 10.7. The lowest BCUT2D eigenvalue weighted by Crippen LogP contribution is -2.44. The van der Waals surface area contributed by atoms with Crippen molar-refractivity contribution in [1.29, 1.82) is 0 Å². The maximum Gasteiger partial charge on any atom is 0.119 e. The van der Waals surface area contributed by atoms with Crippen LogP contribution in [0, 0.1) is 0 Å². The van der Waals surface area contributed by atoms with Crippen LogP contribution in [-0.4, -0.2) is 21.4 Å². The van der Waals surface area contributed by atoms with E-state index in [0.717, 1.165) is 12.4 Å². The monoisotopic (exact) mass is 312 g/mol. The molecule has 1 fully saturated rings. The van der Waals surface area contributed by atoms with Gasteiger partial charge in [-0.1, -0.05) is 47.7 Å². The second-order valence-electron chi connectivity index (χ2n) is 6.35. The summed E-state index contributed by atoms with van der Waals surface area (Å²) in [7, 11) is -0.412. The standard InChI is InChI=1S/C19H24O2Si/c1-19(13-5-6-14-21-19)22-18-11-9-17(10-12-18)20-15-16-7-3-2-4-8-16/h2-4,7-12H,5-6,13-15,22H2,1H3. The summed E-state index contributed by atoms with van der Waals surface area (Å²) >= 11 is 0. The molecule has 2 aromatic carbocycles. The predicted octanol–water partition coefficient (Wildman–Crippen LogP) is 2.98. The highest BCUT2D eigenvalue weighted by Crippen LogP contribution is 2.23. The van der Waals surface area contributed by atoms with E-state index in [1.165, 1.54) is 30.0 Å². The van der Waals surface area contributed by atoms with Crippen molar-refractivity contribution in [2.45, 2.75) is 38.0 Å². The Labute approximate surface area is 135 Å². The highest BCUT2D eigenvalue weighted by molar-refractivity contribution is 6.56. The third-order valence-electron chi connectivity index (χ3n) is 4.30. The molecule has 3 rings (SSSR count). The zero-order chi connectivity index (χ0) is 15.3. The molecule has 22 heavy (non-hydrogen) atoms. The zero-order valence-electron chi connectivity index (χ0n) is 13.3. The van der Waals surface area contributed by atoms with Gasteiger partial charge in [-0.25, -0.2) is 0 Å². The molecule has 0 N–H and O–H groups in total. The van der Waals surface area contributed by atoms with Crippen LogP contribution in [0.3, 0.4) is 0 Å². The molecule has 0 saturated carbocycles. The molecule has 0 bridgehead atoms. The van der Waals surface area contributed by atoms with E-state index >= 15 is 0 Å². The summed E-state index contributed by atoms with van der Waals surface area (Å²) in [4.78, 5) is 0. The van der Waals surface area contributed by atoms with Crippen molar-refractivity contribution >= 4 is 14.7 Å². The van der Waals surface area contributed by atoms with Crippen LogP contribution in [0.5, 0.6) is 5.75 Å². The third kappa shape index (κ3) is 4.21. The fourth-order valence-electron chi connectivity index (χ4n) is 3.01. The first kappa shape index (κ1) is 15.3. The van der Waals surface area contributed by atoms with Crippen molar-refractivity contribution in [3.05, 3.63) is 60.2 Å². The van der Waals surface area contributed by atoms with Crippen molar-refractivity contribution < 1.29 is 9.47 Å². The molecule has 0 spiro atoms. The van der Waals surface area contributed by atoms with E-state index in [4.69, 9.17) is 9.47 Å². The summed E-state index contributed by atoms with van der Waals surface area (Å²) < 4.78 is 11.9. The van der Waals surface area contributed by atoms with E-state index in [1.54, 1.807) is 0 Å². The number of benzene rings is 2. The molecule has 0 radical (unpaired) electrons. The van der Waals surface area contributed by atoms with Gasteiger partial charge in [-0.2, -0.15) is 0 Å². The van der Waals surface area contributed by atoms with Gasteiger partial charge in [0.2, 0.25) is 0 Å². The zero-order valence-corrected chi connectivity index (χ0v) is 14.7. The second-order valence-corrected chi connectivity index (χ2v) is 9.02. The SMILES string of the molecule is CC1([SiH2]c2ccc(OCc3ccccc3)cc2)CCCCO1. The molecule has 1 saturated heterocycles. The lowest BCUT2D eigenvalue weighted by atomic mass is 10.1. The van der Waals surface area contributed by atoms with Gasteiger partial charge in [0.25, 0.3) is 0 Å². The van der Waals surface area contributed by atoms with Crippen molar-refractivity contribution in [1.82, 2.24) is 0 Å². The van der Waals surface area contributed by atoms with Crippen LogP contribution in [0.4, 0.5) is 0 Å². The normalized spacial score (nSPS) is 22.0. The van der Waals surface area contributed by atoms with Crippen LogP contribution in [-0.2, 0) is 11.3 Å². The van der Waals surface area contributed by atoms with Crippen LogP contribution in [0.15, 0.2) is 54.6 Å². The summed E-state index contributed by atoms with van der Waals surface area (Å²) in [6, 6.07) is 18.9. The highest BCUT2D eigenvalue weighted by atomic mass is 28.2. The van der Waals surface area contributed by atoms with E-state index in [9.17, 15) is 0 Å². The van der Waals surface area contributed by atoms with Crippen molar-refractivity contribution in [2.75, 3.05) is 6.61 Å². The van der Waals surface area contributed by atoms with Crippen LogP contribution in [0.25, 0.3) is 0 Å². The Kier molecular flexibility index (Phi) is 4.96. The van der Waals surface area contributed by atoms with Crippen LogP contribution < -0.4 is 9.92 Å². The molecule has 1 heterocycles. The molecule has 0 aliphatic carbocycles. The van der Waals surface area contributed by atoms with Gasteiger partial charge < -0.3 is 9.47 Å². The summed E-state index contributed by atoms with van der Waals surface area (Å²) in [5.74, 6) is 0.941. The maximum absolute atomic E-state index is 6.04. The molecule has 1 atom stereocenters. The van der Waals surface area contributed by atoms with E-state index < -0.39 is 9.52 Å². The van der Waals surface area contributed by atoms with Crippen molar-refractivity contribution in [3.8, 4) is 5.75 Å². The quantitative estimate of drug-likeness (QED) is 0.790. The Morgan fingerprint density at radius 1 is 1.05 bits per heavy atom. The van der Waals surface area contributed by atoms with Gasteiger partial charge in [0.1, 0.15) is 12.4 Å². The van der Waals surface area contributed by atoms with Gasteiger partial charge >= 0.3 is 0 Å². The van der Waals surface area contributed by atoms with Gasteiger partial charge in [0, 0.05) is 6.61 Å². The molecule has 2 aromatic rings. The van der Waals surface area contributed by atoms with E-state index in [-0.39, 0.29) is 5.22 Å². The number of ether oxygens (including phenoxy) is 2. The minimum absolute atomic E-state index is 0.144. The highest BCUT2D eigenvalue weighted by Gasteiger charge is 2.28. The lowest BCUT2D eigenvalue weighted by molar-refractivity contribution is -0.00611. The molecule has 116 valence electrons. The largest absolute Gasteiger partial charge is 0.489 e. The topological polar surface area (TPSA) is 18.5 Å². The Morgan fingerprint density at radius 2 is 1.82 bits per heavy atom. The fourth-order valence-corrected chi connectivity index (χ4v) is 5.02. The van der Waals surface area contributed by atoms with Gasteiger partial charge in [-0.3, -0.25) is 0 Å². The van der Waals surface area contributed by atoms with Gasteiger partial charge in [-0.15, -0.1) is 0 Å². The van der Waals surface area contributed by atoms with Gasteiger partial charge in [0.15, 0.2) is 0 Å². The smallest absolute Gasteiger partial charge is 0.119 e. The fraction of sp³-hybridized carbons (Fsp3) is 0.368. The Hall–Kier alpha value is -1.58. The van der Waals surface area contributed by atoms with Crippen LogP contribution in [0.2, 0.25) is 0 Å². The van der Waals surface area contributed by atoms with Gasteiger partial charge in [-0.05, 0) is 43.9 Å². The first-order valence-corrected chi connectivity index (χ1v) is 9.55. The number of rotatable bonds is 5. The predicted molar refractivity (Wildman–Crippen MR) is 93.6 cm³/mol. The van der Waals surface area contributed by atoms with Crippen LogP contribution in [0.1, 0.15) is 31.7 Å². The van der Waals surface area contributed by atoms with Crippen molar-refractivity contribution in [3.63, 3.8) is 0 Å². The summed E-state index contributed by atoms with van der Waals surface area (Å²) in [5.41, 5.74) is 1.20. The Balaban J connectivity index is 1.56. The molecule has 3 heteroatoms. The van der Waals surface area contributed by atoms with E-state index in [2.05, 4.69) is 43.3 Å². The molecule has 0 amide bonds. The molecule has 1 aliphatic heterocycles. The molecular weight excluding hydrogens is 288 g/mol. The number of hydrogen-bond acceptors (Lipinski definition) is 2. The summed E-state index contributed by atoms with van der Waals surface area (Å²) in [6.07, 6.45) is 3.74. The lowest BCUT2D eigenvalue weighted by Gasteiger charge is -2.33. The molecule has 1 unspecified atom stereocenters. The number of hydrogen-bond donors (Lipinski definition) is 0. The minimum Gasteiger partial charge on any atom is -0.489 e. The first-order valence-electron chi connectivity index (χ1n) is 8.13. The van der Waals surface area contributed by atoms with Crippen molar-refractivity contribution in [2.24, 2.45) is 0 Å². The Morgan fingerprint density at radius 3 is 2.50 bits per heavy atom. The maximum atomic E-state index is 6.04. The summed E-state index contributed by atoms with van der Waals surface area (Å²) in [5, 5.41) is 1.60. The molecular formula is C19H24O2Si. The van der Waals surface area contributed by atoms with Gasteiger partial charge in [0.05, 0.1) is 14.7 Å². The van der Waals surface area contributed by atoms with E-state index in [0.29, 0.717) is 6.61 Å². The summed E-state index contributed by atoms with van der Waals surface area (Å²) in [6.45, 7) is 3.85. The molecule has 0 aromatic heterocycles. The minimum atomic E-state index is -0.412. The average Bonchev–Trinajstić information content (AvgIpc) is 2.55. The van der Waals surface area contributed by atoms with Crippen LogP contribution >= 0.6 is 0 Å². The second kappa shape index (κ2) is 7.12.